The zero-order valence-electron chi connectivity index (χ0n) is 10.9. The number of aromatic nitrogens is 1. The van der Waals surface area contributed by atoms with Crippen LogP contribution in [0, 0.1) is 12.8 Å². The van der Waals surface area contributed by atoms with Crippen molar-refractivity contribution in [3.05, 3.63) is 28.5 Å². The van der Waals surface area contributed by atoms with Gasteiger partial charge in [0.1, 0.15) is 0 Å². The molecule has 0 radical (unpaired) electrons. The van der Waals surface area contributed by atoms with Gasteiger partial charge >= 0.3 is 0 Å². The molecule has 2 atom stereocenters. The molecule has 18 heavy (non-hydrogen) atoms. The Labute approximate surface area is 113 Å². The summed E-state index contributed by atoms with van der Waals surface area (Å²) in [4.78, 5) is 16.3. The smallest absolute Gasteiger partial charge is 0.254 e. The number of carbonyl (C=O) groups excluding carboxylic acids is 1. The summed E-state index contributed by atoms with van der Waals surface area (Å²) < 4.78 is 0. The number of amides is 1. The van der Waals surface area contributed by atoms with E-state index < -0.39 is 0 Å². The molecule has 0 saturated heterocycles. The molecule has 2 unspecified atom stereocenters. The van der Waals surface area contributed by atoms with Gasteiger partial charge in [-0.2, -0.15) is 0 Å². The SMILES string of the molecule is Cc1cc(Cl)c(C(=O)NC2CCCCC2C)cn1. The van der Waals surface area contributed by atoms with Gasteiger partial charge in [-0.25, -0.2) is 0 Å². The Hall–Kier alpha value is -1.09. The summed E-state index contributed by atoms with van der Waals surface area (Å²) in [7, 11) is 0. The fourth-order valence-electron chi connectivity index (χ4n) is 2.47. The summed E-state index contributed by atoms with van der Waals surface area (Å²) >= 11 is 6.08. The van der Waals surface area contributed by atoms with Crippen LogP contribution in [0.25, 0.3) is 0 Å². The molecule has 2 rings (SSSR count). The topological polar surface area (TPSA) is 42.0 Å². The third kappa shape index (κ3) is 3.02. The first-order chi connectivity index (χ1) is 8.58. The molecule has 1 fully saturated rings. The summed E-state index contributed by atoms with van der Waals surface area (Å²) in [6, 6.07) is 1.99. The minimum absolute atomic E-state index is 0.105. The van der Waals surface area contributed by atoms with E-state index in [1.165, 1.54) is 19.3 Å². The molecule has 1 N–H and O–H groups in total. The van der Waals surface area contributed by atoms with E-state index in [2.05, 4.69) is 17.2 Å². The van der Waals surface area contributed by atoms with Gasteiger partial charge in [-0.3, -0.25) is 9.78 Å². The van der Waals surface area contributed by atoms with E-state index >= 15 is 0 Å². The second kappa shape index (κ2) is 5.70. The molecule has 98 valence electrons. The fourth-order valence-corrected chi connectivity index (χ4v) is 2.76. The predicted octanol–water partition coefficient (Wildman–Crippen LogP) is 3.35. The molecule has 3 nitrogen and oxygen atoms in total. The van der Waals surface area contributed by atoms with E-state index in [0.29, 0.717) is 16.5 Å². The summed E-state index contributed by atoms with van der Waals surface area (Å²) in [6.07, 6.45) is 6.25. The monoisotopic (exact) mass is 266 g/mol. The molecular formula is C14H19ClN2O. The Morgan fingerprint density at radius 1 is 1.44 bits per heavy atom. The molecular weight excluding hydrogens is 248 g/mol. The number of halogens is 1. The minimum atomic E-state index is -0.105. The molecule has 0 spiro atoms. The summed E-state index contributed by atoms with van der Waals surface area (Å²) in [5.41, 5.74) is 1.29. The van der Waals surface area contributed by atoms with Crippen LogP contribution in [0.5, 0.6) is 0 Å². The standard InChI is InChI=1S/C14H19ClN2O/c1-9-5-3-4-6-13(9)17-14(18)11-8-16-10(2)7-12(11)15/h7-9,13H,3-6H2,1-2H3,(H,17,18). The Morgan fingerprint density at radius 2 is 2.17 bits per heavy atom. The normalized spacial score (nSPS) is 23.7. The van der Waals surface area contributed by atoms with Crippen molar-refractivity contribution < 1.29 is 4.79 Å². The van der Waals surface area contributed by atoms with Crippen LogP contribution < -0.4 is 5.32 Å². The first-order valence-electron chi connectivity index (χ1n) is 6.51. The fraction of sp³-hybridized carbons (Fsp3) is 0.571. The molecule has 0 bridgehead atoms. The lowest BCUT2D eigenvalue weighted by atomic mass is 9.86. The molecule has 1 saturated carbocycles. The second-order valence-corrected chi connectivity index (χ2v) is 5.55. The number of carbonyl (C=O) groups is 1. The number of nitrogens with one attached hydrogen (secondary N) is 1. The molecule has 0 aliphatic heterocycles. The van der Waals surface area contributed by atoms with Crippen LogP contribution in [-0.2, 0) is 0 Å². The maximum absolute atomic E-state index is 12.2. The lowest BCUT2D eigenvalue weighted by molar-refractivity contribution is 0.0910. The van der Waals surface area contributed by atoms with Crippen LogP contribution in [-0.4, -0.2) is 16.9 Å². The van der Waals surface area contributed by atoms with Crippen molar-refractivity contribution in [3.8, 4) is 0 Å². The summed E-state index contributed by atoms with van der Waals surface area (Å²) in [5, 5.41) is 3.56. The Morgan fingerprint density at radius 3 is 2.83 bits per heavy atom. The highest BCUT2D eigenvalue weighted by Crippen LogP contribution is 2.24. The number of hydrogen-bond donors (Lipinski definition) is 1. The van der Waals surface area contributed by atoms with E-state index in [-0.39, 0.29) is 11.9 Å². The maximum atomic E-state index is 12.2. The molecule has 1 aliphatic rings. The Balaban J connectivity index is 2.07. The van der Waals surface area contributed by atoms with Crippen LogP contribution >= 0.6 is 11.6 Å². The number of rotatable bonds is 2. The molecule has 0 aromatic carbocycles. The van der Waals surface area contributed by atoms with E-state index in [1.807, 2.05) is 6.92 Å². The van der Waals surface area contributed by atoms with Crippen LogP contribution in [0.4, 0.5) is 0 Å². The predicted molar refractivity (Wildman–Crippen MR) is 72.9 cm³/mol. The van der Waals surface area contributed by atoms with Crippen molar-refractivity contribution in [2.24, 2.45) is 5.92 Å². The van der Waals surface area contributed by atoms with Crippen LogP contribution in [0.2, 0.25) is 5.02 Å². The molecule has 1 aliphatic carbocycles. The van der Waals surface area contributed by atoms with E-state index in [9.17, 15) is 4.79 Å². The van der Waals surface area contributed by atoms with Gasteiger partial charge in [0, 0.05) is 17.9 Å². The Bertz CT molecular complexity index is 447. The van der Waals surface area contributed by atoms with Crippen LogP contribution in [0.15, 0.2) is 12.3 Å². The Kier molecular flexibility index (Phi) is 4.23. The third-order valence-corrected chi connectivity index (χ3v) is 3.98. The number of pyridine rings is 1. The van der Waals surface area contributed by atoms with E-state index in [1.54, 1.807) is 12.3 Å². The first-order valence-corrected chi connectivity index (χ1v) is 6.88. The summed E-state index contributed by atoms with van der Waals surface area (Å²) in [5.74, 6) is 0.436. The van der Waals surface area contributed by atoms with Crippen molar-refractivity contribution in [2.45, 2.75) is 45.6 Å². The van der Waals surface area contributed by atoms with Gasteiger partial charge in [0.2, 0.25) is 0 Å². The van der Waals surface area contributed by atoms with Gasteiger partial charge < -0.3 is 5.32 Å². The molecule has 1 aromatic heterocycles. The lowest BCUT2D eigenvalue weighted by Gasteiger charge is -2.29. The molecule has 4 heteroatoms. The molecule has 1 heterocycles. The minimum Gasteiger partial charge on any atom is -0.349 e. The van der Waals surface area contributed by atoms with E-state index in [0.717, 1.165) is 12.1 Å². The van der Waals surface area contributed by atoms with Crippen molar-refractivity contribution in [1.29, 1.82) is 0 Å². The van der Waals surface area contributed by atoms with Crippen molar-refractivity contribution in [1.82, 2.24) is 10.3 Å². The van der Waals surface area contributed by atoms with Gasteiger partial charge in [-0.15, -0.1) is 0 Å². The van der Waals surface area contributed by atoms with Crippen molar-refractivity contribution in [3.63, 3.8) is 0 Å². The maximum Gasteiger partial charge on any atom is 0.254 e. The van der Waals surface area contributed by atoms with Crippen molar-refractivity contribution in [2.75, 3.05) is 0 Å². The second-order valence-electron chi connectivity index (χ2n) is 5.15. The quantitative estimate of drug-likeness (QED) is 0.892. The highest BCUT2D eigenvalue weighted by molar-refractivity contribution is 6.33. The van der Waals surface area contributed by atoms with Crippen molar-refractivity contribution >= 4 is 17.5 Å². The highest BCUT2D eigenvalue weighted by atomic mass is 35.5. The van der Waals surface area contributed by atoms with Crippen LogP contribution in [0.3, 0.4) is 0 Å². The number of hydrogen-bond acceptors (Lipinski definition) is 2. The first kappa shape index (κ1) is 13.3. The summed E-state index contributed by atoms with van der Waals surface area (Å²) in [6.45, 7) is 4.05. The van der Waals surface area contributed by atoms with Crippen LogP contribution in [0.1, 0.15) is 48.7 Å². The van der Waals surface area contributed by atoms with E-state index in [4.69, 9.17) is 11.6 Å². The van der Waals surface area contributed by atoms with Gasteiger partial charge in [0.25, 0.3) is 5.91 Å². The van der Waals surface area contributed by atoms with Gasteiger partial charge in [0.15, 0.2) is 0 Å². The number of nitrogens with zero attached hydrogens (tertiary/aromatic N) is 1. The molecule has 1 aromatic rings. The van der Waals surface area contributed by atoms with Gasteiger partial charge in [0.05, 0.1) is 10.6 Å². The lowest BCUT2D eigenvalue weighted by Crippen LogP contribution is -2.41. The van der Waals surface area contributed by atoms with Gasteiger partial charge in [-0.05, 0) is 31.7 Å². The average molecular weight is 267 g/mol. The average Bonchev–Trinajstić information content (AvgIpc) is 2.32. The largest absolute Gasteiger partial charge is 0.349 e. The van der Waals surface area contributed by atoms with Gasteiger partial charge in [-0.1, -0.05) is 31.4 Å². The zero-order valence-corrected chi connectivity index (χ0v) is 11.6. The molecule has 1 amide bonds. The highest BCUT2D eigenvalue weighted by Gasteiger charge is 2.24. The number of aryl methyl sites for hydroxylation is 1. The third-order valence-electron chi connectivity index (χ3n) is 3.66. The zero-order chi connectivity index (χ0) is 13.1.